The molecule has 0 aliphatic carbocycles. The highest BCUT2D eigenvalue weighted by atomic mass is 16.5. The van der Waals surface area contributed by atoms with Crippen LogP contribution in [0.3, 0.4) is 0 Å². The standard InChI is InChI=1S/C15H25N3O3/c1-11(2)15-16-9-14(13(10-20)17-15)18-5-3-12(4-6-18)21-8-7-19/h9,11-12,19-20H,3-8,10H2,1-2H3. The number of rotatable bonds is 6. The largest absolute Gasteiger partial charge is 0.394 e. The third kappa shape index (κ3) is 4.12. The Morgan fingerprint density at radius 2 is 2.05 bits per heavy atom. The minimum atomic E-state index is -0.0709. The molecule has 2 heterocycles. The molecular formula is C15H25N3O3. The summed E-state index contributed by atoms with van der Waals surface area (Å²) >= 11 is 0. The molecule has 0 atom stereocenters. The van der Waals surface area contributed by atoms with Crippen LogP contribution in [0, 0.1) is 0 Å². The van der Waals surface area contributed by atoms with Crippen molar-refractivity contribution in [3.63, 3.8) is 0 Å². The molecule has 1 aromatic heterocycles. The van der Waals surface area contributed by atoms with Crippen molar-refractivity contribution in [2.45, 2.75) is 45.3 Å². The minimum Gasteiger partial charge on any atom is -0.394 e. The van der Waals surface area contributed by atoms with Gasteiger partial charge in [0.25, 0.3) is 0 Å². The van der Waals surface area contributed by atoms with E-state index in [-0.39, 0.29) is 25.2 Å². The van der Waals surface area contributed by atoms with E-state index in [1.54, 1.807) is 0 Å². The molecule has 0 amide bonds. The number of hydrogen-bond acceptors (Lipinski definition) is 6. The summed E-state index contributed by atoms with van der Waals surface area (Å²) in [7, 11) is 0. The topological polar surface area (TPSA) is 78.7 Å². The van der Waals surface area contributed by atoms with E-state index in [0.717, 1.165) is 37.4 Å². The SMILES string of the molecule is CC(C)c1ncc(N2CCC(OCCO)CC2)c(CO)n1. The van der Waals surface area contributed by atoms with Gasteiger partial charge in [-0.05, 0) is 12.8 Å². The molecule has 1 aromatic rings. The maximum atomic E-state index is 9.55. The van der Waals surface area contributed by atoms with Gasteiger partial charge in [0.05, 0.1) is 43.5 Å². The van der Waals surface area contributed by atoms with Gasteiger partial charge in [0, 0.05) is 19.0 Å². The highest BCUT2D eigenvalue weighted by Gasteiger charge is 2.22. The summed E-state index contributed by atoms with van der Waals surface area (Å²) in [5.41, 5.74) is 1.62. The first-order chi connectivity index (χ1) is 10.2. The zero-order valence-electron chi connectivity index (χ0n) is 12.8. The summed E-state index contributed by atoms with van der Waals surface area (Å²) in [5.74, 6) is 1.02. The van der Waals surface area contributed by atoms with Crippen molar-refractivity contribution in [3.05, 3.63) is 17.7 Å². The molecule has 2 N–H and O–H groups in total. The van der Waals surface area contributed by atoms with E-state index >= 15 is 0 Å². The van der Waals surface area contributed by atoms with Crippen molar-refractivity contribution in [1.82, 2.24) is 9.97 Å². The predicted octanol–water partition coefficient (Wildman–Crippen LogP) is 1.07. The van der Waals surface area contributed by atoms with Crippen LogP contribution in [-0.4, -0.2) is 52.6 Å². The molecule has 1 aliphatic rings. The fourth-order valence-corrected chi connectivity index (χ4v) is 2.57. The molecule has 0 aromatic carbocycles. The Kier molecular flexibility index (Phi) is 5.90. The molecular weight excluding hydrogens is 270 g/mol. The Labute approximate surface area is 125 Å². The number of aliphatic hydroxyl groups is 2. The second kappa shape index (κ2) is 7.68. The number of hydrogen-bond donors (Lipinski definition) is 2. The Hall–Kier alpha value is -1.24. The van der Waals surface area contributed by atoms with Gasteiger partial charge in [-0.2, -0.15) is 0 Å². The smallest absolute Gasteiger partial charge is 0.131 e. The van der Waals surface area contributed by atoms with Gasteiger partial charge >= 0.3 is 0 Å². The Bertz CT molecular complexity index is 446. The van der Waals surface area contributed by atoms with Gasteiger partial charge in [0.15, 0.2) is 0 Å². The number of nitrogens with zero attached hydrogens (tertiary/aromatic N) is 3. The van der Waals surface area contributed by atoms with Gasteiger partial charge < -0.3 is 19.8 Å². The van der Waals surface area contributed by atoms with Crippen LogP contribution in [0.5, 0.6) is 0 Å². The number of aromatic nitrogens is 2. The molecule has 1 saturated heterocycles. The van der Waals surface area contributed by atoms with Gasteiger partial charge in [0.1, 0.15) is 5.82 Å². The molecule has 1 fully saturated rings. The first kappa shape index (κ1) is 16.1. The summed E-state index contributed by atoms with van der Waals surface area (Å²) in [6, 6.07) is 0. The zero-order valence-corrected chi connectivity index (χ0v) is 12.8. The lowest BCUT2D eigenvalue weighted by molar-refractivity contribution is 0.0158. The number of aliphatic hydroxyl groups excluding tert-OH is 2. The minimum absolute atomic E-state index is 0.0688. The molecule has 21 heavy (non-hydrogen) atoms. The Balaban J connectivity index is 2.02. The third-order valence-electron chi connectivity index (χ3n) is 3.76. The van der Waals surface area contributed by atoms with Gasteiger partial charge in [-0.25, -0.2) is 9.97 Å². The molecule has 6 nitrogen and oxygen atoms in total. The van der Waals surface area contributed by atoms with Crippen molar-refractivity contribution in [1.29, 1.82) is 0 Å². The average molecular weight is 295 g/mol. The second-order valence-electron chi connectivity index (χ2n) is 5.65. The summed E-state index contributed by atoms with van der Waals surface area (Å²) in [6.07, 6.45) is 3.86. The van der Waals surface area contributed by atoms with E-state index in [1.807, 2.05) is 20.0 Å². The predicted molar refractivity (Wildman–Crippen MR) is 80.3 cm³/mol. The molecule has 2 rings (SSSR count). The van der Waals surface area contributed by atoms with Crippen LogP contribution in [0.4, 0.5) is 5.69 Å². The normalized spacial score (nSPS) is 16.7. The second-order valence-corrected chi connectivity index (χ2v) is 5.65. The van der Waals surface area contributed by atoms with Crippen LogP contribution < -0.4 is 4.90 Å². The van der Waals surface area contributed by atoms with Crippen LogP contribution in [0.2, 0.25) is 0 Å². The summed E-state index contributed by atoms with van der Waals surface area (Å²) in [6.45, 7) is 6.19. The Morgan fingerprint density at radius 1 is 1.33 bits per heavy atom. The van der Waals surface area contributed by atoms with E-state index in [9.17, 15) is 5.11 Å². The van der Waals surface area contributed by atoms with Gasteiger partial charge in [-0.1, -0.05) is 13.8 Å². The average Bonchev–Trinajstić information content (AvgIpc) is 2.52. The van der Waals surface area contributed by atoms with E-state index in [2.05, 4.69) is 14.9 Å². The van der Waals surface area contributed by atoms with Crippen molar-refractivity contribution in [3.8, 4) is 0 Å². The molecule has 0 radical (unpaired) electrons. The van der Waals surface area contributed by atoms with Crippen molar-refractivity contribution < 1.29 is 14.9 Å². The van der Waals surface area contributed by atoms with Gasteiger partial charge in [-0.3, -0.25) is 0 Å². The number of ether oxygens (including phenoxy) is 1. The van der Waals surface area contributed by atoms with Crippen LogP contribution in [0.15, 0.2) is 6.20 Å². The molecule has 118 valence electrons. The van der Waals surface area contributed by atoms with Crippen molar-refractivity contribution in [2.75, 3.05) is 31.2 Å². The maximum absolute atomic E-state index is 9.55. The van der Waals surface area contributed by atoms with Crippen LogP contribution in [0.25, 0.3) is 0 Å². The maximum Gasteiger partial charge on any atom is 0.131 e. The van der Waals surface area contributed by atoms with Gasteiger partial charge in [-0.15, -0.1) is 0 Å². The molecule has 6 heteroatoms. The highest BCUT2D eigenvalue weighted by molar-refractivity contribution is 5.49. The zero-order chi connectivity index (χ0) is 15.2. The number of piperidine rings is 1. The molecule has 0 bridgehead atoms. The van der Waals surface area contributed by atoms with Crippen LogP contribution in [-0.2, 0) is 11.3 Å². The lowest BCUT2D eigenvalue weighted by Crippen LogP contribution is -2.38. The monoisotopic (exact) mass is 295 g/mol. The Morgan fingerprint density at radius 3 is 2.62 bits per heavy atom. The van der Waals surface area contributed by atoms with E-state index < -0.39 is 0 Å². The third-order valence-corrected chi connectivity index (χ3v) is 3.76. The van der Waals surface area contributed by atoms with Crippen molar-refractivity contribution in [2.24, 2.45) is 0 Å². The molecule has 0 unspecified atom stereocenters. The highest BCUT2D eigenvalue weighted by Crippen LogP contribution is 2.24. The molecule has 0 saturated carbocycles. The van der Waals surface area contributed by atoms with Gasteiger partial charge in [0.2, 0.25) is 0 Å². The van der Waals surface area contributed by atoms with Crippen LogP contribution >= 0.6 is 0 Å². The summed E-state index contributed by atoms with van der Waals surface area (Å²) in [5, 5.41) is 18.3. The lowest BCUT2D eigenvalue weighted by Gasteiger charge is -2.34. The first-order valence-corrected chi connectivity index (χ1v) is 7.59. The van der Waals surface area contributed by atoms with Crippen molar-refractivity contribution >= 4 is 5.69 Å². The lowest BCUT2D eigenvalue weighted by atomic mass is 10.1. The van der Waals surface area contributed by atoms with Crippen LogP contribution in [0.1, 0.15) is 44.1 Å². The molecule has 0 spiro atoms. The fourth-order valence-electron chi connectivity index (χ4n) is 2.57. The molecule has 1 aliphatic heterocycles. The quantitative estimate of drug-likeness (QED) is 0.817. The van der Waals surface area contributed by atoms with E-state index in [0.29, 0.717) is 12.3 Å². The summed E-state index contributed by atoms with van der Waals surface area (Å²) in [4.78, 5) is 11.1. The summed E-state index contributed by atoms with van der Waals surface area (Å²) < 4.78 is 5.57. The van der Waals surface area contributed by atoms with E-state index in [4.69, 9.17) is 9.84 Å². The number of anilines is 1. The van der Waals surface area contributed by atoms with E-state index in [1.165, 1.54) is 0 Å². The fraction of sp³-hybridized carbons (Fsp3) is 0.733. The first-order valence-electron chi connectivity index (χ1n) is 7.59.